The SMILES string of the molecule is Cc1cn2nc([C@@H]3CCCCN3C(=O)c3cc(C(F)(F)F)ccn3)cc2nc1N1CC[C@H](N)C1. The summed E-state index contributed by atoms with van der Waals surface area (Å²) in [5.74, 6) is 0.348. The molecule has 34 heavy (non-hydrogen) atoms. The van der Waals surface area contributed by atoms with Gasteiger partial charge in [-0.1, -0.05) is 0 Å². The number of piperidine rings is 1. The highest BCUT2D eigenvalue weighted by Crippen LogP contribution is 2.34. The van der Waals surface area contributed by atoms with E-state index in [1.54, 1.807) is 9.42 Å². The molecule has 11 heteroatoms. The molecule has 180 valence electrons. The zero-order chi connectivity index (χ0) is 24.0. The van der Waals surface area contributed by atoms with Crippen molar-refractivity contribution in [3.8, 4) is 0 Å². The number of carbonyl (C=O) groups is 1. The molecule has 0 spiro atoms. The minimum absolute atomic E-state index is 0.129. The number of carbonyl (C=O) groups excluding carboxylic acids is 1. The van der Waals surface area contributed by atoms with Crippen LogP contribution in [0.1, 0.15) is 59.0 Å². The summed E-state index contributed by atoms with van der Waals surface area (Å²) < 4.78 is 41.1. The van der Waals surface area contributed by atoms with Crippen molar-refractivity contribution < 1.29 is 18.0 Å². The maximum absolute atomic E-state index is 13.2. The van der Waals surface area contributed by atoms with Crippen LogP contribution < -0.4 is 10.6 Å². The highest BCUT2D eigenvalue weighted by Gasteiger charge is 2.35. The van der Waals surface area contributed by atoms with Gasteiger partial charge in [-0.2, -0.15) is 18.3 Å². The molecular formula is C23H26F3N7O. The van der Waals surface area contributed by atoms with Crippen LogP contribution in [0, 0.1) is 6.92 Å². The van der Waals surface area contributed by atoms with E-state index in [0.29, 0.717) is 24.3 Å². The molecule has 3 aromatic heterocycles. The van der Waals surface area contributed by atoms with Gasteiger partial charge >= 0.3 is 6.18 Å². The van der Waals surface area contributed by atoms with Gasteiger partial charge in [0.05, 0.1) is 17.3 Å². The first-order valence-electron chi connectivity index (χ1n) is 11.4. The van der Waals surface area contributed by atoms with E-state index in [4.69, 9.17) is 10.7 Å². The fourth-order valence-electron chi connectivity index (χ4n) is 4.83. The van der Waals surface area contributed by atoms with Crippen molar-refractivity contribution in [1.82, 2.24) is 24.5 Å². The summed E-state index contributed by atoms with van der Waals surface area (Å²) in [4.78, 5) is 25.7. The Morgan fingerprint density at radius 1 is 1.18 bits per heavy atom. The van der Waals surface area contributed by atoms with Crippen molar-refractivity contribution in [3.63, 3.8) is 0 Å². The molecule has 5 heterocycles. The van der Waals surface area contributed by atoms with E-state index < -0.39 is 17.6 Å². The van der Waals surface area contributed by atoms with Crippen LogP contribution in [-0.4, -0.2) is 56.1 Å². The topological polar surface area (TPSA) is 92.6 Å². The Bertz CT molecular complexity index is 1220. The lowest BCUT2D eigenvalue weighted by Gasteiger charge is -2.34. The molecule has 0 bridgehead atoms. The van der Waals surface area contributed by atoms with Crippen molar-refractivity contribution >= 4 is 17.4 Å². The summed E-state index contributed by atoms with van der Waals surface area (Å²) in [6.07, 6.45) is 1.64. The minimum atomic E-state index is -4.54. The van der Waals surface area contributed by atoms with E-state index in [0.717, 1.165) is 62.1 Å². The number of hydrogen-bond donors (Lipinski definition) is 1. The Labute approximate surface area is 194 Å². The fraction of sp³-hybridized carbons (Fsp3) is 0.478. The van der Waals surface area contributed by atoms with Crippen molar-refractivity contribution in [3.05, 3.63) is 53.1 Å². The maximum Gasteiger partial charge on any atom is 0.416 e. The van der Waals surface area contributed by atoms with Gasteiger partial charge in [-0.05, 0) is 44.7 Å². The molecule has 0 saturated carbocycles. The number of fused-ring (bicyclic) bond motifs is 1. The van der Waals surface area contributed by atoms with E-state index >= 15 is 0 Å². The molecule has 2 fully saturated rings. The van der Waals surface area contributed by atoms with Crippen molar-refractivity contribution in [2.24, 2.45) is 5.73 Å². The molecule has 0 unspecified atom stereocenters. The lowest BCUT2D eigenvalue weighted by molar-refractivity contribution is -0.137. The molecule has 8 nitrogen and oxygen atoms in total. The first-order chi connectivity index (χ1) is 16.2. The number of nitrogens with two attached hydrogens (primary N) is 1. The van der Waals surface area contributed by atoms with Crippen molar-refractivity contribution in [1.29, 1.82) is 0 Å². The van der Waals surface area contributed by atoms with Crippen molar-refractivity contribution in [2.45, 2.75) is 50.9 Å². The molecule has 2 atom stereocenters. The number of hydrogen-bond acceptors (Lipinski definition) is 6. The first-order valence-corrected chi connectivity index (χ1v) is 11.4. The number of aryl methyl sites for hydroxylation is 1. The Morgan fingerprint density at radius 3 is 2.74 bits per heavy atom. The van der Waals surface area contributed by atoms with Gasteiger partial charge in [0.15, 0.2) is 5.65 Å². The van der Waals surface area contributed by atoms with Crippen LogP contribution in [0.3, 0.4) is 0 Å². The zero-order valence-electron chi connectivity index (χ0n) is 18.8. The molecule has 2 saturated heterocycles. The third-order valence-electron chi connectivity index (χ3n) is 6.56. The van der Waals surface area contributed by atoms with Gasteiger partial charge in [0.25, 0.3) is 5.91 Å². The van der Waals surface area contributed by atoms with E-state index in [2.05, 4.69) is 15.0 Å². The summed E-state index contributed by atoms with van der Waals surface area (Å²) in [7, 11) is 0. The number of rotatable bonds is 3. The van der Waals surface area contributed by atoms with Crippen LogP contribution in [0.5, 0.6) is 0 Å². The van der Waals surface area contributed by atoms with Crippen LogP contribution >= 0.6 is 0 Å². The van der Waals surface area contributed by atoms with Gasteiger partial charge in [0, 0.05) is 49.7 Å². The van der Waals surface area contributed by atoms with Gasteiger partial charge in [0.2, 0.25) is 0 Å². The predicted molar refractivity (Wildman–Crippen MR) is 119 cm³/mol. The largest absolute Gasteiger partial charge is 0.416 e. The Morgan fingerprint density at radius 2 is 2.00 bits per heavy atom. The number of anilines is 1. The Hall–Kier alpha value is -3.21. The van der Waals surface area contributed by atoms with Crippen LogP contribution in [-0.2, 0) is 6.18 Å². The number of pyridine rings is 1. The molecule has 0 aliphatic carbocycles. The summed E-state index contributed by atoms with van der Waals surface area (Å²) in [5, 5.41) is 4.68. The average molecular weight is 474 g/mol. The number of likely N-dealkylation sites (tertiary alicyclic amines) is 1. The number of nitrogens with zero attached hydrogens (tertiary/aromatic N) is 6. The molecule has 1 amide bonds. The number of aromatic nitrogens is 4. The fourth-order valence-corrected chi connectivity index (χ4v) is 4.83. The van der Waals surface area contributed by atoms with Crippen LogP contribution in [0.2, 0.25) is 0 Å². The van der Waals surface area contributed by atoms with Gasteiger partial charge < -0.3 is 15.5 Å². The maximum atomic E-state index is 13.2. The lowest BCUT2D eigenvalue weighted by atomic mass is 9.98. The molecule has 3 aromatic rings. The zero-order valence-corrected chi connectivity index (χ0v) is 18.8. The Kier molecular flexibility index (Phi) is 5.67. The smallest absolute Gasteiger partial charge is 0.355 e. The van der Waals surface area contributed by atoms with Gasteiger partial charge in [-0.15, -0.1) is 0 Å². The Balaban J connectivity index is 1.46. The lowest BCUT2D eigenvalue weighted by Crippen LogP contribution is -2.39. The van der Waals surface area contributed by atoms with E-state index in [9.17, 15) is 18.0 Å². The van der Waals surface area contributed by atoms with Crippen LogP contribution in [0.15, 0.2) is 30.6 Å². The summed E-state index contributed by atoms with van der Waals surface area (Å²) in [5.41, 5.74) is 7.26. The van der Waals surface area contributed by atoms with E-state index in [1.807, 2.05) is 19.2 Å². The summed E-state index contributed by atoms with van der Waals surface area (Å²) in [6.45, 7) is 4.00. The monoisotopic (exact) mass is 473 g/mol. The summed E-state index contributed by atoms with van der Waals surface area (Å²) in [6, 6.07) is 3.31. The second-order valence-corrected chi connectivity index (χ2v) is 9.05. The predicted octanol–water partition coefficient (Wildman–Crippen LogP) is 3.36. The molecule has 2 aliphatic rings. The van der Waals surface area contributed by atoms with Crippen LogP contribution in [0.4, 0.5) is 19.0 Å². The third kappa shape index (κ3) is 4.20. The van der Waals surface area contributed by atoms with Crippen LogP contribution in [0.25, 0.3) is 5.65 Å². The second kappa shape index (κ2) is 8.53. The van der Waals surface area contributed by atoms with E-state index in [-0.39, 0.29) is 17.8 Å². The van der Waals surface area contributed by atoms with Crippen molar-refractivity contribution in [2.75, 3.05) is 24.5 Å². The second-order valence-electron chi connectivity index (χ2n) is 9.05. The van der Waals surface area contributed by atoms with Gasteiger partial charge in [-0.3, -0.25) is 9.78 Å². The highest BCUT2D eigenvalue weighted by atomic mass is 19.4. The highest BCUT2D eigenvalue weighted by molar-refractivity contribution is 5.92. The minimum Gasteiger partial charge on any atom is -0.355 e. The standard InChI is InChI=1S/C23H26F3N7O/c1-14-12-33-20(29-21(14)31-9-6-16(27)13-31)11-17(30-33)19-4-2-3-8-32(19)22(34)18-10-15(5-7-28-18)23(24,25)26/h5,7,10-12,16,19H,2-4,6,8-9,13,27H2,1H3/t16-,19-/m0/s1. The molecule has 2 aliphatic heterocycles. The molecule has 2 N–H and O–H groups in total. The first kappa shape index (κ1) is 22.6. The normalized spacial score (nSPS) is 21.4. The molecular weight excluding hydrogens is 447 g/mol. The summed E-state index contributed by atoms with van der Waals surface area (Å²) >= 11 is 0. The third-order valence-corrected chi connectivity index (χ3v) is 6.56. The number of alkyl halides is 3. The average Bonchev–Trinajstić information content (AvgIpc) is 3.43. The molecule has 0 radical (unpaired) electrons. The molecule has 5 rings (SSSR count). The molecule has 0 aromatic carbocycles. The number of amides is 1. The van der Waals surface area contributed by atoms with Gasteiger partial charge in [-0.25, -0.2) is 9.50 Å². The number of halogens is 3. The van der Waals surface area contributed by atoms with E-state index in [1.165, 1.54) is 0 Å². The quantitative estimate of drug-likeness (QED) is 0.627. The van der Waals surface area contributed by atoms with Gasteiger partial charge in [0.1, 0.15) is 11.5 Å².